The van der Waals surface area contributed by atoms with Crippen LogP contribution in [0, 0.1) is 12.8 Å². The number of fused-ring (bicyclic) bond motifs is 1. The molecule has 4 aliphatic rings. The Bertz CT molecular complexity index is 2100. The fraction of sp³-hybridized carbons (Fsp3) is 0.488. The van der Waals surface area contributed by atoms with Gasteiger partial charge in [-0.2, -0.15) is 5.10 Å². The lowest BCUT2D eigenvalue weighted by Crippen LogP contribution is -2.47. The van der Waals surface area contributed by atoms with Crippen LogP contribution in [0.3, 0.4) is 0 Å². The van der Waals surface area contributed by atoms with E-state index in [-0.39, 0.29) is 35.5 Å². The van der Waals surface area contributed by atoms with Gasteiger partial charge in [0.05, 0.1) is 30.1 Å². The van der Waals surface area contributed by atoms with Crippen LogP contribution in [0.4, 0.5) is 11.4 Å². The summed E-state index contributed by atoms with van der Waals surface area (Å²) in [6.07, 6.45) is 12.1. The van der Waals surface area contributed by atoms with Crippen LogP contribution in [0.2, 0.25) is 0 Å². The first-order valence-corrected chi connectivity index (χ1v) is 19.2. The molecule has 3 amide bonds. The maximum absolute atomic E-state index is 13.8. The third-order valence-electron chi connectivity index (χ3n) is 12.1. The SMILES string of the molecule is COc1cc2nn(C3CCC(CCN4CCN(c5ccc(C6CCC(=O)N(c7cccn(C8CC8)c7=O)C6=O)c(C)c5)CC4)CC3)cc2cc1C(N)=O. The van der Waals surface area contributed by atoms with Gasteiger partial charge in [0.25, 0.3) is 11.5 Å². The third kappa shape index (κ3) is 6.96. The summed E-state index contributed by atoms with van der Waals surface area (Å²) in [5.74, 6) is -0.401. The van der Waals surface area contributed by atoms with Crippen molar-refractivity contribution in [2.45, 2.75) is 82.7 Å². The van der Waals surface area contributed by atoms with Crippen LogP contribution in [0.25, 0.3) is 10.9 Å². The van der Waals surface area contributed by atoms with Gasteiger partial charge in [-0.15, -0.1) is 0 Å². The van der Waals surface area contributed by atoms with Crippen LogP contribution in [0.1, 0.15) is 97.3 Å². The molecule has 4 heterocycles. The maximum atomic E-state index is 13.8. The highest BCUT2D eigenvalue weighted by Gasteiger charge is 2.39. The molecule has 0 spiro atoms. The second-order valence-corrected chi connectivity index (χ2v) is 15.4. The smallest absolute Gasteiger partial charge is 0.275 e. The van der Waals surface area contributed by atoms with Crippen LogP contribution in [-0.2, 0) is 9.59 Å². The topological polar surface area (TPSA) is 136 Å². The quantitative estimate of drug-likeness (QED) is 0.218. The van der Waals surface area contributed by atoms with Gasteiger partial charge in [-0.3, -0.25) is 28.8 Å². The molecule has 1 atom stereocenters. The molecule has 0 radical (unpaired) electrons. The van der Waals surface area contributed by atoms with Gasteiger partial charge >= 0.3 is 0 Å². The van der Waals surface area contributed by atoms with Crippen molar-refractivity contribution in [3.8, 4) is 5.75 Å². The summed E-state index contributed by atoms with van der Waals surface area (Å²) in [4.78, 5) is 58.1. The lowest BCUT2D eigenvalue weighted by Gasteiger charge is -2.37. The van der Waals surface area contributed by atoms with Crippen molar-refractivity contribution >= 4 is 40.0 Å². The number of imide groups is 1. The van der Waals surface area contributed by atoms with E-state index in [4.69, 9.17) is 15.6 Å². The number of nitrogens with zero attached hydrogens (tertiary/aromatic N) is 6. The predicted octanol–water partition coefficient (Wildman–Crippen LogP) is 5.33. The summed E-state index contributed by atoms with van der Waals surface area (Å²) >= 11 is 0. The van der Waals surface area contributed by atoms with Gasteiger partial charge in [0.15, 0.2) is 0 Å². The molecule has 4 aromatic rings. The van der Waals surface area contributed by atoms with Crippen molar-refractivity contribution in [3.63, 3.8) is 0 Å². The Balaban J connectivity index is 0.828. The number of aryl methyl sites for hydroxylation is 1. The number of benzene rings is 2. The molecule has 2 saturated carbocycles. The summed E-state index contributed by atoms with van der Waals surface area (Å²) in [5, 5.41) is 5.72. The van der Waals surface area contributed by atoms with Crippen molar-refractivity contribution in [3.05, 3.63) is 81.9 Å². The Morgan fingerprint density at radius 3 is 2.38 bits per heavy atom. The van der Waals surface area contributed by atoms with Crippen molar-refractivity contribution in [2.75, 3.05) is 49.6 Å². The normalized spacial score (nSPS) is 22.8. The zero-order valence-electron chi connectivity index (χ0n) is 30.7. The fourth-order valence-electron chi connectivity index (χ4n) is 8.79. The first-order chi connectivity index (χ1) is 25.7. The number of pyridine rings is 1. The van der Waals surface area contributed by atoms with E-state index in [2.05, 4.69) is 32.7 Å². The number of ether oxygens (including phenoxy) is 1. The molecule has 2 aliphatic heterocycles. The number of hydrogen-bond acceptors (Lipinski definition) is 8. The summed E-state index contributed by atoms with van der Waals surface area (Å²) in [6.45, 7) is 7.08. The zero-order chi connectivity index (χ0) is 36.8. The van der Waals surface area contributed by atoms with Gasteiger partial charge in [0.2, 0.25) is 11.8 Å². The molecule has 2 N–H and O–H groups in total. The number of methoxy groups -OCH3 is 1. The first-order valence-electron chi connectivity index (χ1n) is 19.2. The standard InChI is InChI=1S/C41H49N7O5/c1-26-22-31(11-12-32(26)33-13-14-38(49)48(40(33)51)36-4-3-16-46(41(36)52)29-9-10-29)45-20-18-44(19-21-45)17-15-27-5-7-30(8-6-27)47-25-28-23-34(39(42)50)37(53-2)24-35(28)43-47/h3-4,11-12,16,22-25,27,29-30,33H,5-10,13-15,17-21H2,1-2H3,(H2,42,50). The Morgan fingerprint density at radius 1 is 0.925 bits per heavy atom. The minimum atomic E-state index is -0.504. The monoisotopic (exact) mass is 719 g/mol. The van der Waals surface area contributed by atoms with Gasteiger partial charge in [-0.1, -0.05) is 6.07 Å². The van der Waals surface area contributed by atoms with E-state index in [0.29, 0.717) is 29.7 Å². The molecule has 0 bridgehead atoms. The minimum Gasteiger partial charge on any atom is -0.496 e. The van der Waals surface area contributed by atoms with Crippen LogP contribution in [0.15, 0.2) is 59.7 Å². The lowest BCUT2D eigenvalue weighted by molar-refractivity contribution is -0.130. The minimum absolute atomic E-state index is 0.167. The molecule has 4 fully saturated rings. The molecule has 2 saturated heterocycles. The number of piperazine rings is 1. The first kappa shape index (κ1) is 35.1. The number of primary amides is 1. The molecule has 2 aromatic carbocycles. The Labute approximate surface area is 309 Å². The van der Waals surface area contributed by atoms with Crippen LogP contribution in [-0.4, -0.2) is 76.8 Å². The summed E-state index contributed by atoms with van der Waals surface area (Å²) in [7, 11) is 1.54. The summed E-state index contributed by atoms with van der Waals surface area (Å²) in [6, 6.07) is 13.8. The number of aromatic nitrogens is 3. The van der Waals surface area contributed by atoms with Gasteiger partial charge in [0, 0.05) is 68.2 Å². The molecule has 12 nitrogen and oxygen atoms in total. The number of rotatable bonds is 10. The second kappa shape index (κ2) is 14.5. The van der Waals surface area contributed by atoms with Gasteiger partial charge in [0.1, 0.15) is 11.4 Å². The second-order valence-electron chi connectivity index (χ2n) is 15.4. The molecule has 1 unspecified atom stereocenters. The molecular weight excluding hydrogens is 670 g/mol. The number of amides is 3. The van der Waals surface area contributed by atoms with Crippen molar-refractivity contribution < 1.29 is 19.1 Å². The summed E-state index contributed by atoms with van der Waals surface area (Å²) < 4.78 is 9.10. The number of carbonyl (C=O) groups is 3. The number of piperidine rings is 1. The zero-order valence-corrected chi connectivity index (χ0v) is 30.7. The number of hydrogen-bond donors (Lipinski definition) is 1. The molecule has 8 rings (SSSR count). The fourth-order valence-corrected chi connectivity index (χ4v) is 8.79. The molecule has 53 heavy (non-hydrogen) atoms. The van der Waals surface area contributed by atoms with Gasteiger partial charge in [-0.05, 0) is 112 Å². The Hall–Kier alpha value is -4.97. The largest absolute Gasteiger partial charge is 0.496 e. The van der Waals surface area contributed by atoms with E-state index in [9.17, 15) is 19.2 Å². The molecule has 2 aromatic heterocycles. The average molecular weight is 720 g/mol. The van der Waals surface area contributed by atoms with Crippen LogP contribution in [0.5, 0.6) is 5.75 Å². The number of anilines is 2. The highest BCUT2D eigenvalue weighted by Crippen LogP contribution is 2.38. The lowest BCUT2D eigenvalue weighted by atomic mass is 9.84. The van der Waals surface area contributed by atoms with E-state index in [1.54, 1.807) is 35.0 Å². The van der Waals surface area contributed by atoms with Gasteiger partial charge < -0.3 is 19.9 Å². The van der Waals surface area contributed by atoms with E-state index < -0.39 is 11.8 Å². The number of nitrogens with two attached hydrogens (primary N) is 1. The highest BCUT2D eigenvalue weighted by molar-refractivity contribution is 6.18. The Kier molecular flexibility index (Phi) is 9.57. The van der Waals surface area contributed by atoms with E-state index in [1.165, 1.54) is 26.4 Å². The van der Waals surface area contributed by atoms with E-state index >= 15 is 0 Å². The van der Waals surface area contributed by atoms with Crippen molar-refractivity contribution in [2.24, 2.45) is 11.7 Å². The van der Waals surface area contributed by atoms with E-state index in [0.717, 1.165) is 91.0 Å². The van der Waals surface area contributed by atoms with Crippen molar-refractivity contribution in [1.82, 2.24) is 19.2 Å². The molecular formula is C41H49N7O5. The molecule has 278 valence electrons. The third-order valence-corrected chi connectivity index (χ3v) is 12.1. The number of carbonyl (C=O) groups excluding carboxylic acids is 3. The Morgan fingerprint density at radius 2 is 1.68 bits per heavy atom. The van der Waals surface area contributed by atoms with E-state index in [1.807, 2.05) is 13.1 Å². The predicted molar refractivity (Wildman–Crippen MR) is 204 cm³/mol. The van der Waals surface area contributed by atoms with Crippen molar-refractivity contribution in [1.29, 1.82) is 0 Å². The molecule has 12 heteroatoms. The highest BCUT2D eigenvalue weighted by atomic mass is 16.5. The molecule has 2 aliphatic carbocycles. The average Bonchev–Trinajstić information content (AvgIpc) is 3.92. The summed E-state index contributed by atoms with van der Waals surface area (Å²) in [5.41, 5.74) is 9.78. The van der Waals surface area contributed by atoms with Gasteiger partial charge in [-0.25, -0.2) is 4.90 Å². The van der Waals surface area contributed by atoms with Crippen LogP contribution < -0.4 is 25.8 Å². The van der Waals surface area contributed by atoms with Crippen LogP contribution >= 0.6 is 0 Å². The maximum Gasteiger partial charge on any atom is 0.275 e.